The van der Waals surface area contributed by atoms with Crippen LogP contribution in [0.25, 0.3) is 0 Å². The van der Waals surface area contributed by atoms with Crippen LogP contribution in [0.3, 0.4) is 0 Å². The van der Waals surface area contributed by atoms with Gasteiger partial charge < -0.3 is 16.4 Å². The van der Waals surface area contributed by atoms with Crippen LogP contribution in [0.2, 0.25) is 0 Å². The molecule has 2 bridgehead atoms. The van der Waals surface area contributed by atoms with E-state index in [1.807, 2.05) is 0 Å². The monoisotopic (exact) mass is 306 g/mol. The van der Waals surface area contributed by atoms with Gasteiger partial charge in [-0.05, 0) is 55.4 Å². The molecule has 0 saturated heterocycles. The zero-order valence-electron chi connectivity index (χ0n) is 11.5. The first-order valence-corrected chi connectivity index (χ1v) is 7.55. The molecule has 0 radical (unpaired) electrons. The molecule has 112 valence electrons. The summed E-state index contributed by atoms with van der Waals surface area (Å²) in [7, 11) is 0. The molecule has 1 aromatic carbocycles. The number of nitrogens with two attached hydrogens (primary N) is 1. The molecule has 0 amide bonds. The number of nitro benzene ring substituents is 1. The van der Waals surface area contributed by atoms with E-state index in [4.69, 9.17) is 18.0 Å². The maximum atomic E-state index is 10.9. The molecule has 7 heteroatoms. The second kappa shape index (κ2) is 5.48. The van der Waals surface area contributed by atoms with Crippen LogP contribution >= 0.6 is 12.2 Å². The van der Waals surface area contributed by atoms with E-state index in [1.54, 1.807) is 6.07 Å². The predicted molar refractivity (Wildman–Crippen MR) is 86.1 cm³/mol. The van der Waals surface area contributed by atoms with Crippen molar-refractivity contribution in [1.82, 2.24) is 5.32 Å². The number of hydrogen-bond donors (Lipinski definition) is 3. The highest BCUT2D eigenvalue weighted by Crippen LogP contribution is 2.44. The van der Waals surface area contributed by atoms with Crippen molar-refractivity contribution in [2.75, 3.05) is 11.1 Å². The summed E-state index contributed by atoms with van der Waals surface area (Å²) in [6.07, 6.45) is 5.09. The number of rotatable bonds is 3. The molecule has 6 nitrogen and oxygen atoms in total. The third-order valence-corrected chi connectivity index (χ3v) is 4.76. The molecule has 3 atom stereocenters. The van der Waals surface area contributed by atoms with Gasteiger partial charge in [0.2, 0.25) is 0 Å². The lowest BCUT2D eigenvalue weighted by Gasteiger charge is -2.24. The molecular formula is C14H18N4O2S. The van der Waals surface area contributed by atoms with E-state index >= 15 is 0 Å². The zero-order valence-corrected chi connectivity index (χ0v) is 12.4. The highest BCUT2D eigenvalue weighted by atomic mass is 32.1. The standard InChI is InChI=1S/C14H18N4O2S/c15-11-4-3-10(7-13(11)18(19)20)16-14(21)17-12-6-8-1-2-9(12)5-8/h3-4,7-9,12H,1-2,5-6,15H2,(H2,16,17,21)/t8-,9+,12-/m0/s1. The first kappa shape index (κ1) is 14.1. The van der Waals surface area contributed by atoms with E-state index in [1.165, 1.54) is 37.8 Å². The fraction of sp³-hybridized carbons (Fsp3) is 0.500. The molecular weight excluding hydrogens is 288 g/mol. The van der Waals surface area contributed by atoms with E-state index in [9.17, 15) is 10.1 Å². The van der Waals surface area contributed by atoms with Gasteiger partial charge in [-0.25, -0.2) is 0 Å². The Labute approximate surface area is 128 Å². The summed E-state index contributed by atoms with van der Waals surface area (Å²) >= 11 is 5.31. The first-order valence-electron chi connectivity index (χ1n) is 7.14. The summed E-state index contributed by atoms with van der Waals surface area (Å²) in [5.74, 6) is 1.56. The molecule has 2 aliphatic carbocycles. The van der Waals surface area contributed by atoms with Gasteiger partial charge in [-0.1, -0.05) is 6.42 Å². The van der Waals surface area contributed by atoms with Gasteiger partial charge in [0.1, 0.15) is 5.69 Å². The topological polar surface area (TPSA) is 93.2 Å². The lowest BCUT2D eigenvalue weighted by atomic mass is 9.96. The van der Waals surface area contributed by atoms with Crippen LogP contribution in [0.15, 0.2) is 18.2 Å². The number of nitrogens with zero attached hydrogens (tertiary/aromatic N) is 1. The fourth-order valence-electron chi connectivity index (χ4n) is 3.54. The van der Waals surface area contributed by atoms with Crippen molar-refractivity contribution >= 4 is 34.4 Å². The summed E-state index contributed by atoms with van der Waals surface area (Å²) in [4.78, 5) is 10.4. The van der Waals surface area contributed by atoms with E-state index in [-0.39, 0.29) is 11.4 Å². The third-order valence-electron chi connectivity index (χ3n) is 4.54. The first-order chi connectivity index (χ1) is 10.0. The molecule has 3 rings (SSSR count). The van der Waals surface area contributed by atoms with Gasteiger partial charge >= 0.3 is 0 Å². The minimum atomic E-state index is -0.493. The number of thiocarbonyl (C=S) groups is 1. The second-order valence-electron chi connectivity index (χ2n) is 5.91. The molecule has 4 N–H and O–H groups in total. The maximum absolute atomic E-state index is 10.9. The summed E-state index contributed by atoms with van der Waals surface area (Å²) in [5.41, 5.74) is 6.20. The Morgan fingerprint density at radius 2 is 2.19 bits per heavy atom. The van der Waals surface area contributed by atoms with Crippen molar-refractivity contribution in [1.29, 1.82) is 0 Å². The summed E-state index contributed by atoms with van der Waals surface area (Å²) in [6.45, 7) is 0. The Morgan fingerprint density at radius 1 is 1.38 bits per heavy atom. The van der Waals surface area contributed by atoms with Crippen LogP contribution in [0.5, 0.6) is 0 Å². The van der Waals surface area contributed by atoms with Gasteiger partial charge in [-0.2, -0.15) is 0 Å². The largest absolute Gasteiger partial charge is 0.393 e. The van der Waals surface area contributed by atoms with Gasteiger partial charge in [0.15, 0.2) is 5.11 Å². The highest BCUT2D eigenvalue weighted by Gasteiger charge is 2.39. The molecule has 0 spiro atoms. The molecule has 2 aliphatic rings. The summed E-state index contributed by atoms with van der Waals surface area (Å²) in [6, 6.07) is 5.05. The van der Waals surface area contributed by atoms with Gasteiger partial charge in [-0.3, -0.25) is 10.1 Å². The van der Waals surface area contributed by atoms with E-state index in [0.717, 1.165) is 11.8 Å². The zero-order chi connectivity index (χ0) is 15.0. The Balaban J connectivity index is 1.62. The van der Waals surface area contributed by atoms with Crippen molar-refractivity contribution in [3.8, 4) is 0 Å². The molecule has 2 saturated carbocycles. The number of nitrogen functional groups attached to an aromatic ring is 1. The highest BCUT2D eigenvalue weighted by molar-refractivity contribution is 7.80. The van der Waals surface area contributed by atoms with Crippen LogP contribution in [0, 0.1) is 22.0 Å². The summed E-state index contributed by atoms with van der Waals surface area (Å²) < 4.78 is 0. The number of nitro groups is 1. The maximum Gasteiger partial charge on any atom is 0.294 e. The van der Waals surface area contributed by atoms with Crippen molar-refractivity contribution in [3.63, 3.8) is 0 Å². The summed E-state index contributed by atoms with van der Waals surface area (Å²) in [5, 5.41) is 17.7. The van der Waals surface area contributed by atoms with Crippen molar-refractivity contribution in [3.05, 3.63) is 28.3 Å². The molecule has 0 unspecified atom stereocenters. The van der Waals surface area contributed by atoms with Crippen molar-refractivity contribution in [2.24, 2.45) is 11.8 Å². The SMILES string of the molecule is Nc1ccc(NC(=S)N[C@H]2C[C@H]3CC[C@@H]2C3)cc1[N+](=O)[O-]. The Kier molecular flexibility index (Phi) is 3.67. The molecule has 21 heavy (non-hydrogen) atoms. The minimum absolute atomic E-state index is 0.109. The average molecular weight is 306 g/mol. The van der Waals surface area contributed by atoms with Crippen LogP contribution < -0.4 is 16.4 Å². The number of anilines is 2. The Morgan fingerprint density at radius 3 is 2.81 bits per heavy atom. The Hall–Kier alpha value is -1.89. The molecule has 2 fully saturated rings. The third kappa shape index (κ3) is 2.92. The predicted octanol–water partition coefficient (Wildman–Crippen LogP) is 2.65. The van der Waals surface area contributed by atoms with Gasteiger partial charge in [0.25, 0.3) is 5.69 Å². The fourth-order valence-corrected chi connectivity index (χ4v) is 3.81. The van der Waals surface area contributed by atoms with Crippen LogP contribution in [0.4, 0.5) is 17.1 Å². The van der Waals surface area contributed by atoms with Gasteiger partial charge in [0.05, 0.1) is 4.92 Å². The average Bonchev–Trinajstić information content (AvgIpc) is 3.03. The van der Waals surface area contributed by atoms with Crippen molar-refractivity contribution in [2.45, 2.75) is 31.7 Å². The van der Waals surface area contributed by atoms with Crippen LogP contribution in [-0.4, -0.2) is 16.1 Å². The van der Waals surface area contributed by atoms with Crippen molar-refractivity contribution < 1.29 is 4.92 Å². The molecule has 1 aromatic rings. The molecule has 0 aliphatic heterocycles. The quantitative estimate of drug-likeness (QED) is 0.344. The van der Waals surface area contributed by atoms with Crippen LogP contribution in [0.1, 0.15) is 25.7 Å². The van der Waals surface area contributed by atoms with E-state index < -0.39 is 4.92 Å². The second-order valence-corrected chi connectivity index (χ2v) is 6.32. The van der Waals surface area contributed by atoms with E-state index in [0.29, 0.717) is 16.8 Å². The number of benzene rings is 1. The van der Waals surface area contributed by atoms with Crippen LogP contribution in [-0.2, 0) is 0 Å². The minimum Gasteiger partial charge on any atom is -0.393 e. The number of fused-ring (bicyclic) bond motifs is 2. The van der Waals surface area contributed by atoms with Gasteiger partial charge in [-0.15, -0.1) is 0 Å². The van der Waals surface area contributed by atoms with Gasteiger partial charge in [0, 0.05) is 17.8 Å². The number of nitrogens with one attached hydrogen (secondary N) is 2. The smallest absolute Gasteiger partial charge is 0.294 e. The number of hydrogen-bond acceptors (Lipinski definition) is 4. The van der Waals surface area contributed by atoms with E-state index in [2.05, 4.69) is 10.6 Å². The lowest BCUT2D eigenvalue weighted by Crippen LogP contribution is -2.40. The molecule has 0 heterocycles. The molecule has 0 aromatic heterocycles. The lowest BCUT2D eigenvalue weighted by molar-refractivity contribution is -0.383. The Bertz CT molecular complexity index is 592. The normalized spacial score (nSPS) is 26.6.